The first-order chi connectivity index (χ1) is 8.27. The number of rotatable bonds is 1. The molecule has 3 heterocycles. The van der Waals surface area contributed by atoms with E-state index < -0.39 is 0 Å². The molecule has 1 saturated heterocycles. The van der Waals surface area contributed by atoms with E-state index in [2.05, 4.69) is 27.2 Å². The van der Waals surface area contributed by atoms with Crippen molar-refractivity contribution in [3.8, 4) is 0 Å². The fraction of sp³-hybridized carbons (Fsp3) is 0.500. The highest BCUT2D eigenvalue weighted by atomic mass is 35.5. The molecule has 3 rings (SSSR count). The van der Waals surface area contributed by atoms with Crippen LogP contribution in [-0.2, 0) is 0 Å². The van der Waals surface area contributed by atoms with E-state index in [-0.39, 0.29) is 12.4 Å². The maximum Gasteiger partial charge on any atom is 0.160 e. The molecule has 0 aliphatic carbocycles. The van der Waals surface area contributed by atoms with Gasteiger partial charge in [-0.15, -0.1) is 12.4 Å². The lowest BCUT2D eigenvalue weighted by atomic mass is 10.2. The molecule has 0 spiro atoms. The number of halogens is 1. The van der Waals surface area contributed by atoms with Crippen LogP contribution in [-0.4, -0.2) is 40.3 Å². The van der Waals surface area contributed by atoms with Crippen molar-refractivity contribution in [2.45, 2.75) is 19.9 Å². The molecule has 0 aromatic carbocycles. The number of hydrogen-bond acceptors (Lipinski definition) is 4. The summed E-state index contributed by atoms with van der Waals surface area (Å²) in [5.74, 6) is 1.14. The summed E-state index contributed by atoms with van der Waals surface area (Å²) < 4.78 is 1.94. The quantitative estimate of drug-likeness (QED) is 0.845. The van der Waals surface area contributed by atoms with Crippen LogP contribution in [0, 0.1) is 6.92 Å². The van der Waals surface area contributed by atoms with Gasteiger partial charge in [0.2, 0.25) is 0 Å². The van der Waals surface area contributed by atoms with Crippen LogP contribution in [0.25, 0.3) is 5.65 Å². The highest BCUT2D eigenvalue weighted by Gasteiger charge is 2.20. The lowest BCUT2D eigenvalue weighted by Gasteiger charge is -2.35. The number of hydrogen-bond donors (Lipinski definition) is 1. The van der Waals surface area contributed by atoms with Gasteiger partial charge >= 0.3 is 0 Å². The van der Waals surface area contributed by atoms with Crippen LogP contribution >= 0.6 is 12.4 Å². The summed E-state index contributed by atoms with van der Waals surface area (Å²) in [5.41, 5.74) is 2.07. The Morgan fingerprint density at radius 3 is 3.06 bits per heavy atom. The van der Waals surface area contributed by atoms with Gasteiger partial charge in [0, 0.05) is 37.4 Å². The molecule has 0 saturated carbocycles. The second-order valence-corrected chi connectivity index (χ2v) is 4.61. The SMILES string of the molecule is Cc1cnn2c(N3CCNC[C@@H]3C)ccnc12.Cl. The predicted octanol–water partition coefficient (Wildman–Crippen LogP) is 1.26. The zero-order valence-electron chi connectivity index (χ0n) is 10.6. The van der Waals surface area contributed by atoms with Gasteiger partial charge < -0.3 is 10.2 Å². The highest BCUT2D eigenvalue weighted by molar-refractivity contribution is 5.85. The molecule has 1 fully saturated rings. The average Bonchev–Trinajstić information content (AvgIpc) is 2.72. The van der Waals surface area contributed by atoms with E-state index in [1.54, 1.807) is 0 Å². The van der Waals surface area contributed by atoms with Gasteiger partial charge in [-0.1, -0.05) is 0 Å². The molecule has 0 unspecified atom stereocenters. The molecule has 2 aromatic heterocycles. The monoisotopic (exact) mass is 267 g/mol. The third-order valence-electron chi connectivity index (χ3n) is 3.35. The first-order valence-electron chi connectivity index (χ1n) is 6.04. The maximum absolute atomic E-state index is 4.42. The Bertz CT molecular complexity index is 538. The Balaban J connectivity index is 0.00000120. The number of aromatic nitrogens is 3. The Labute approximate surface area is 113 Å². The standard InChI is InChI=1S/C12H17N5.ClH/c1-9-7-15-17-11(3-4-14-12(9)17)16-6-5-13-8-10(16)2;/h3-4,7,10,13H,5-6,8H2,1-2H3;1H/t10-;/m0./s1. The first-order valence-corrected chi connectivity index (χ1v) is 6.04. The van der Waals surface area contributed by atoms with Gasteiger partial charge in [0.1, 0.15) is 5.82 Å². The first kappa shape index (κ1) is 13.1. The van der Waals surface area contributed by atoms with Crippen LogP contribution in [0.15, 0.2) is 18.5 Å². The number of aryl methyl sites for hydroxylation is 1. The Morgan fingerprint density at radius 2 is 2.28 bits per heavy atom. The summed E-state index contributed by atoms with van der Waals surface area (Å²) in [4.78, 5) is 6.77. The van der Waals surface area contributed by atoms with Crippen molar-refractivity contribution in [3.05, 3.63) is 24.0 Å². The zero-order chi connectivity index (χ0) is 11.8. The molecular formula is C12H18ClN5. The smallest absolute Gasteiger partial charge is 0.160 e. The van der Waals surface area contributed by atoms with E-state index in [4.69, 9.17) is 0 Å². The van der Waals surface area contributed by atoms with Gasteiger partial charge in [-0.05, 0) is 19.9 Å². The largest absolute Gasteiger partial charge is 0.351 e. The molecule has 1 aliphatic rings. The van der Waals surface area contributed by atoms with Crippen LogP contribution in [0.4, 0.5) is 5.82 Å². The van der Waals surface area contributed by atoms with Crippen LogP contribution in [0.1, 0.15) is 12.5 Å². The van der Waals surface area contributed by atoms with Crippen molar-refractivity contribution < 1.29 is 0 Å². The fourth-order valence-electron chi connectivity index (χ4n) is 2.39. The van der Waals surface area contributed by atoms with E-state index in [9.17, 15) is 0 Å². The molecule has 1 atom stereocenters. The lowest BCUT2D eigenvalue weighted by molar-refractivity contribution is 0.493. The third-order valence-corrected chi connectivity index (χ3v) is 3.35. The minimum Gasteiger partial charge on any atom is -0.351 e. The highest BCUT2D eigenvalue weighted by Crippen LogP contribution is 2.19. The summed E-state index contributed by atoms with van der Waals surface area (Å²) in [5, 5.41) is 7.82. The van der Waals surface area contributed by atoms with Crippen LogP contribution in [0.3, 0.4) is 0 Å². The van der Waals surface area contributed by atoms with Crippen molar-refractivity contribution in [3.63, 3.8) is 0 Å². The normalized spacial score (nSPS) is 19.9. The topological polar surface area (TPSA) is 45.5 Å². The molecule has 1 aliphatic heterocycles. The molecule has 6 heteroatoms. The van der Waals surface area contributed by atoms with E-state index in [0.29, 0.717) is 6.04 Å². The Morgan fingerprint density at radius 1 is 1.44 bits per heavy atom. The Kier molecular flexibility index (Phi) is 3.73. The van der Waals surface area contributed by atoms with Crippen LogP contribution in [0.5, 0.6) is 0 Å². The van der Waals surface area contributed by atoms with Crippen molar-refractivity contribution in [2.24, 2.45) is 0 Å². The molecule has 5 nitrogen and oxygen atoms in total. The molecule has 0 bridgehead atoms. The number of nitrogens with one attached hydrogen (secondary N) is 1. The summed E-state index contributed by atoms with van der Waals surface area (Å²) >= 11 is 0. The lowest BCUT2D eigenvalue weighted by Crippen LogP contribution is -2.50. The fourth-order valence-corrected chi connectivity index (χ4v) is 2.39. The van der Waals surface area contributed by atoms with Gasteiger partial charge in [-0.25, -0.2) is 4.98 Å². The molecular weight excluding hydrogens is 250 g/mol. The number of nitrogens with zero attached hydrogens (tertiary/aromatic N) is 4. The van der Waals surface area contributed by atoms with Crippen LogP contribution < -0.4 is 10.2 Å². The maximum atomic E-state index is 4.42. The van der Waals surface area contributed by atoms with Crippen molar-refractivity contribution in [1.82, 2.24) is 19.9 Å². The molecule has 0 amide bonds. The summed E-state index contributed by atoms with van der Waals surface area (Å²) in [7, 11) is 0. The predicted molar refractivity (Wildman–Crippen MR) is 74.6 cm³/mol. The van der Waals surface area contributed by atoms with E-state index in [1.165, 1.54) is 0 Å². The zero-order valence-corrected chi connectivity index (χ0v) is 11.4. The van der Waals surface area contributed by atoms with Crippen molar-refractivity contribution in [2.75, 3.05) is 24.5 Å². The number of anilines is 1. The summed E-state index contributed by atoms with van der Waals surface area (Å²) in [6.45, 7) is 7.33. The van der Waals surface area contributed by atoms with Gasteiger partial charge in [0.15, 0.2) is 5.65 Å². The van der Waals surface area contributed by atoms with Crippen molar-refractivity contribution in [1.29, 1.82) is 0 Å². The van der Waals surface area contributed by atoms with Gasteiger partial charge in [0.25, 0.3) is 0 Å². The van der Waals surface area contributed by atoms with E-state index in [1.807, 2.05) is 29.9 Å². The molecule has 98 valence electrons. The van der Waals surface area contributed by atoms with Gasteiger partial charge in [0.05, 0.1) is 6.20 Å². The van der Waals surface area contributed by atoms with E-state index >= 15 is 0 Å². The van der Waals surface area contributed by atoms with Crippen molar-refractivity contribution >= 4 is 23.9 Å². The minimum atomic E-state index is 0. The third kappa shape index (κ3) is 2.04. The second-order valence-electron chi connectivity index (χ2n) is 4.61. The van der Waals surface area contributed by atoms with Crippen LogP contribution in [0.2, 0.25) is 0 Å². The summed E-state index contributed by atoms with van der Waals surface area (Å²) in [6.07, 6.45) is 3.74. The van der Waals surface area contributed by atoms with Gasteiger partial charge in [-0.2, -0.15) is 9.61 Å². The number of piperazine rings is 1. The molecule has 2 aromatic rings. The van der Waals surface area contributed by atoms with Gasteiger partial charge in [-0.3, -0.25) is 0 Å². The average molecular weight is 268 g/mol. The van der Waals surface area contributed by atoms with E-state index in [0.717, 1.165) is 36.7 Å². The minimum absolute atomic E-state index is 0. The molecule has 1 N–H and O–H groups in total. The Hall–Kier alpha value is -1.33. The summed E-state index contributed by atoms with van der Waals surface area (Å²) in [6, 6.07) is 2.53. The molecule has 18 heavy (non-hydrogen) atoms. The number of fused-ring (bicyclic) bond motifs is 1. The second kappa shape index (κ2) is 5.12. The molecule has 0 radical (unpaired) electrons.